The molecule has 3 aromatic carbocycles. The van der Waals surface area contributed by atoms with E-state index < -0.39 is 17.7 Å². The van der Waals surface area contributed by atoms with E-state index in [4.69, 9.17) is 14.2 Å². The zero-order valence-corrected chi connectivity index (χ0v) is 21.8. The van der Waals surface area contributed by atoms with Crippen molar-refractivity contribution in [3.63, 3.8) is 0 Å². The Hall–Kier alpha value is -4.10. The molecule has 1 aliphatic rings. The molecule has 3 aromatic rings. The Kier molecular flexibility index (Phi) is 9.16. The number of benzene rings is 3. The largest absolute Gasteiger partial charge is 0.507 e. The Morgan fingerprint density at radius 3 is 2.37 bits per heavy atom. The standard InChI is InChI=1S/C31H33NO6/c1-3-18-37-25-15-13-23(14-16-25)29(33)27-28(32(17-8-19-36-2)31(35)30(27)34)24-11-7-12-26(20-24)38-21-22-9-5-4-6-10-22/h4-7,9-16,20,28,33H,3,8,17-19,21H2,1-2H3. The Bertz CT molecular complexity index is 1270. The summed E-state index contributed by atoms with van der Waals surface area (Å²) in [6, 6.07) is 23.2. The number of carbonyl (C=O) groups is 2. The number of methoxy groups -OCH3 is 1. The van der Waals surface area contributed by atoms with Crippen LogP contribution in [0.4, 0.5) is 0 Å². The summed E-state index contributed by atoms with van der Waals surface area (Å²) in [4.78, 5) is 27.9. The van der Waals surface area contributed by atoms with Gasteiger partial charge in [0.1, 0.15) is 23.9 Å². The minimum Gasteiger partial charge on any atom is -0.507 e. The maximum absolute atomic E-state index is 13.3. The molecule has 1 aliphatic heterocycles. The number of aliphatic hydroxyl groups excluding tert-OH is 1. The number of Topliss-reactive ketones (excluding diaryl/α,β-unsaturated/α-hetero) is 1. The van der Waals surface area contributed by atoms with Gasteiger partial charge in [-0.25, -0.2) is 0 Å². The molecular weight excluding hydrogens is 482 g/mol. The van der Waals surface area contributed by atoms with Crippen molar-refractivity contribution >= 4 is 17.4 Å². The van der Waals surface area contributed by atoms with Crippen LogP contribution in [0.2, 0.25) is 0 Å². The Balaban J connectivity index is 1.69. The van der Waals surface area contributed by atoms with Gasteiger partial charge in [0.05, 0.1) is 18.2 Å². The van der Waals surface area contributed by atoms with Gasteiger partial charge in [-0.15, -0.1) is 0 Å². The van der Waals surface area contributed by atoms with Crippen LogP contribution in [0.15, 0.2) is 84.4 Å². The van der Waals surface area contributed by atoms with Crippen molar-refractivity contribution in [1.82, 2.24) is 4.90 Å². The minimum absolute atomic E-state index is 0.0508. The number of hydrogen-bond donors (Lipinski definition) is 1. The SMILES string of the molecule is CCCOc1ccc(C(O)=C2C(=O)C(=O)N(CCCOC)C2c2cccc(OCc3ccccc3)c2)cc1. The fourth-order valence-electron chi connectivity index (χ4n) is 4.44. The molecule has 38 heavy (non-hydrogen) atoms. The number of ketones is 1. The number of carbonyl (C=O) groups excluding carboxylic acids is 2. The summed E-state index contributed by atoms with van der Waals surface area (Å²) >= 11 is 0. The zero-order chi connectivity index (χ0) is 26.9. The summed E-state index contributed by atoms with van der Waals surface area (Å²) in [5.74, 6) is -0.312. The average molecular weight is 516 g/mol. The van der Waals surface area contributed by atoms with Gasteiger partial charge in [0.25, 0.3) is 11.7 Å². The fourth-order valence-corrected chi connectivity index (χ4v) is 4.44. The maximum Gasteiger partial charge on any atom is 0.295 e. The quantitative estimate of drug-likeness (QED) is 0.148. The summed E-state index contributed by atoms with van der Waals surface area (Å²) in [6.45, 7) is 3.73. The van der Waals surface area contributed by atoms with Crippen molar-refractivity contribution in [3.8, 4) is 11.5 Å². The molecule has 0 aromatic heterocycles. The predicted molar refractivity (Wildman–Crippen MR) is 145 cm³/mol. The van der Waals surface area contributed by atoms with E-state index in [-0.39, 0.29) is 11.3 Å². The third kappa shape index (κ3) is 6.23. The van der Waals surface area contributed by atoms with Crippen LogP contribution >= 0.6 is 0 Å². The first kappa shape index (κ1) is 26.9. The molecule has 1 fully saturated rings. The number of nitrogens with zero attached hydrogens (tertiary/aromatic N) is 1. The van der Waals surface area contributed by atoms with E-state index in [2.05, 4.69) is 0 Å². The highest BCUT2D eigenvalue weighted by molar-refractivity contribution is 6.46. The second kappa shape index (κ2) is 12.9. The van der Waals surface area contributed by atoms with Gasteiger partial charge < -0.3 is 24.2 Å². The molecule has 0 aliphatic carbocycles. The highest BCUT2D eigenvalue weighted by Crippen LogP contribution is 2.40. The number of hydrogen-bond acceptors (Lipinski definition) is 6. The Morgan fingerprint density at radius 2 is 1.66 bits per heavy atom. The molecule has 1 N–H and O–H groups in total. The van der Waals surface area contributed by atoms with Gasteiger partial charge in [-0.1, -0.05) is 49.4 Å². The van der Waals surface area contributed by atoms with E-state index in [1.54, 1.807) is 31.4 Å². The van der Waals surface area contributed by atoms with E-state index in [1.165, 1.54) is 4.90 Å². The average Bonchev–Trinajstić information content (AvgIpc) is 3.21. The van der Waals surface area contributed by atoms with Crippen molar-refractivity contribution in [3.05, 3.63) is 101 Å². The first-order chi connectivity index (χ1) is 18.5. The van der Waals surface area contributed by atoms with E-state index in [0.29, 0.717) is 55.4 Å². The van der Waals surface area contributed by atoms with E-state index >= 15 is 0 Å². The van der Waals surface area contributed by atoms with Gasteiger partial charge >= 0.3 is 0 Å². The van der Waals surface area contributed by atoms with Crippen LogP contribution in [-0.2, 0) is 20.9 Å². The molecule has 7 heteroatoms. The van der Waals surface area contributed by atoms with Crippen LogP contribution in [0.25, 0.3) is 5.76 Å². The summed E-state index contributed by atoms with van der Waals surface area (Å²) in [5.41, 5.74) is 2.19. The first-order valence-corrected chi connectivity index (χ1v) is 12.8. The highest BCUT2D eigenvalue weighted by atomic mass is 16.5. The molecule has 4 rings (SSSR count). The summed E-state index contributed by atoms with van der Waals surface area (Å²) in [7, 11) is 1.59. The second-order valence-electron chi connectivity index (χ2n) is 9.06. The lowest BCUT2D eigenvalue weighted by molar-refractivity contribution is -0.140. The van der Waals surface area contributed by atoms with Gasteiger partial charge in [-0.3, -0.25) is 9.59 Å². The lowest BCUT2D eigenvalue weighted by Crippen LogP contribution is -2.31. The van der Waals surface area contributed by atoms with Gasteiger partial charge in [0, 0.05) is 25.8 Å². The molecule has 1 unspecified atom stereocenters. The Labute approximate surface area is 223 Å². The van der Waals surface area contributed by atoms with Crippen molar-refractivity contribution in [1.29, 1.82) is 0 Å². The summed E-state index contributed by atoms with van der Waals surface area (Å²) < 4.78 is 16.8. The summed E-state index contributed by atoms with van der Waals surface area (Å²) in [6.07, 6.45) is 1.43. The van der Waals surface area contributed by atoms with Crippen LogP contribution < -0.4 is 9.47 Å². The number of amides is 1. The van der Waals surface area contributed by atoms with Crippen LogP contribution in [0.5, 0.6) is 11.5 Å². The minimum atomic E-state index is -0.761. The monoisotopic (exact) mass is 515 g/mol. The topological polar surface area (TPSA) is 85.3 Å². The van der Waals surface area contributed by atoms with Gasteiger partial charge in [-0.05, 0) is 60.4 Å². The molecule has 0 saturated carbocycles. The number of likely N-dealkylation sites (tertiary alicyclic amines) is 1. The van der Waals surface area contributed by atoms with Gasteiger partial charge in [-0.2, -0.15) is 0 Å². The lowest BCUT2D eigenvalue weighted by Gasteiger charge is -2.25. The summed E-state index contributed by atoms with van der Waals surface area (Å²) in [5, 5.41) is 11.3. The zero-order valence-electron chi connectivity index (χ0n) is 21.8. The first-order valence-electron chi connectivity index (χ1n) is 12.8. The molecule has 1 saturated heterocycles. The van der Waals surface area contributed by atoms with Crippen LogP contribution in [0, 0.1) is 0 Å². The van der Waals surface area contributed by atoms with Crippen LogP contribution in [0.3, 0.4) is 0 Å². The molecule has 1 heterocycles. The molecule has 1 amide bonds. The number of aliphatic hydroxyl groups is 1. The molecule has 198 valence electrons. The third-order valence-electron chi connectivity index (χ3n) is 6.31. The van der Waals surface area contributed by atoms with E-state index in [0.717, 1.165) is 12.0 Å². The number of ether oxygens (including phenoxy) is 3. The number of rotatable bonds is 12. The molecule has 1 atom stereocenters. The second-order valence-corrected chi connectivity index (χ2v) is 9.06. The molecule has 0 spiro atoms. The third-order valence-corrected chi connectivity index (χ3v) is 6.31. The normalized spacial score (nSPS) is 16.6. The predicted octanol–water partition coefficient (Wildman–Crippen LogP) is 5.51. The van der Waals surface area contributed by atoms with Crippen molar-refractivity contribution in [2.45, 2.75) is 32.4 Å². The highest BCUT2D eigenvalue weighted by Gasteiger charge is 2.45. The lowest BCUT2D eigenvalue weighted by atomic mass is 9.95. The van der Waals surface area contributed by atoms with Crippen molar-refractivity contribution < 1.29 is 28.9 Å². The smallest absolute Gasteiger partial charge is 0.295 e. The van der Waals surface area contributed by atoms with Gasteiger partial charge in [0.2, 0.25) is 0 Å². The van der Waals surface area contributed by atoms with Crippen LogP contribution in [0.1, 0.15) is 42.5 Å². The molecule has 0 bridgehead atoms. The van der Waals surface area contributed by atoms with Crippen molar-refractivity contribution in [2.24, 2.45) is 0 Å². The van der Waals surface area contributed by atoms with Crippen molar-refractivity contribution in [2.75, 3.05) is 26.9 Å². The molecular formula is C31H33NO6. The fraction of sp³-hybridized carbons (Fsp3) is 0.290. The molecule has 7 nitrogen and oxygen atoms in total. The molecule has 0 radical (unpaired) electrons. The van der Waals surface area contributed by atoms with Gasteiger partial charge in [0.15, 0.2) is 0 Å². The maximum atomic E-state index is 13.3. The van der Waals surface area contributed by atoms with Crippen LogP contribution in [-0.4, -0.2) is 48.6 Å². The van der Waals surface area contributed by atoms with E-state index in [1.807, 2.05) is 61.5 Å². The Morgan fingerprint density at radius 1 is 0.895 bits per heavy atom. The van der Waals surface area contributed by atoms with E-state index in [9.17, 15) is 14.7 Å².